The second kappa shape index (κ2) is 5.82. The molecule has 0 bridgehead atoms. The van der Waals surface area contributed by atoms with E-state index in [9.17, 15) is 4.79 Å². The fourth-order valence-electron chi connectivity index (χ4n) is 4.42. The van der Waals surface area contributed by atoms with Gasteiger partial charge in [0.05, 0.1) is 0 Å². The third-order valence-corrected chi connectivity index (χ3v) is 5.76. The molecule has 0 aromatic carbocycles. The van der Waals surface area contributed by atoms with Crippen molar-refractivity contribution in [2.75, 3.05) is 26.2 Å². The molecule has 108 valence electrons. The number of nitrogens with zero attached hydrogens (tertiary/aromatic N) is 1. The maximum Gasteiger partial charge on any atom is 0.222 e. The molecule has 3 aliphatic rings. The maximum absolute atomic E-state index is 12.4. The number of carbonyl (C=O) groups excluding carboxylic acids is 1. The van der Waals surface area contributed by atoms with Crippen LogP contribution in [0, 0.1) is 23.7 Å². The average Bonchev–Trinajstić information content (AvgIpc) is 3.00. The Labute approximate surface area is 117 Å². The summed E-state index contributed by atoms with van der Waals surface area (Å²) >= 11 is 0. The van der Waals surface area contributed by atoms with Crippen LogP contribution in [0.2, 0.25) is 0 Å². The molecule has 1 amide bonds. The van der Waals surface area contributed by atoms with E-state index in [1.807, 2.05) is 0 Å². The Bertz CT molecular complexity index is 313. The summed E-state index contributed by atoms with van der Waals surface area (Å²) in [4.78, 5) is 14.6. The van der Waals surface area contributed by atoms with Gasteiger partial charge in [-0.05, 0) is 62.4 Å². The first-order valence-electron chi connectivity index (χ1n) is 8.22. The molecule has 2 heterocycles. The first-order chi connectivity index (χ1) is 9.24. The lowest BCUT2D eigenvalue weighted by Gasteiger charge is -2.29. The highest BCUT2D eigenvalue weighted by molar-refractivity contribution is 5.76. The molecule has 1 saturated carbocycles. The number of rotatable bonds is 3. The number of amides is 1. The fraction of sp³-hybridized carbons (Fsp3) is 0.938. The maximum atomic E-state index is 12.4. The molecule has 0 aromatic heterocycles. The summed E-state index contributed by atoms with van der Waals surface area (Å²) in [5.74, 6) is 3.42. The Balaban J connectivity index is 1.48. The van der Waals surface area contributed by atoms with Crippen molar-refractivity contribution in [1.29, 1.82) is 0 Å². The van der Waals surface area contributed by atoms with Crippen LogP contribution in [0.4, 0.5) is 0 Å². The van der Waals surface area contributed by atoms with Gasteiger partial charge in [-0.3, -0.25) is 4.79 Å². The molecule has 3 atom stereocenters. The Morgan fingerprint density at radius 3 is 2.42 bits per heavy atom. The van der Waals surface area contributed by atoms with Gasteiger partial charge in [0.25, 0.3) is 0 Å². The smallest absolute Gasteiger partial charge is 0.222 e. The topological polar surface area (TPSA) is 32.3 Å². The molecule has 1 aliphatic carbocycles. The van der Waals surface area contributed by atoms with Gasteiger partial charge < -0.3 is 10.2 Å². The van der Waals surface area contributed by atoms with Crippen molar-refractivity contribution in [3.63, 3.8) is 0 Å². The van der Waals surface area contributed by atoms with E-state index >= 15 is 0 Å². The van der Waals surface area contributed by atoms with Gasteiger partial charge in [0, 0.05) is 19.5 Å². The molecule has 0 spiro atoms. The van der Waals surface area contributed by atoms with Crippen LogP contribution >= 0.6 is 0 Å². The zero-order valence-electron chi connectivity index (χ0n) is 12.2. The molecule has 3 unspecified atom stereocenters. The molecule has 3 heteroatoms. The van der Waals surface area contributed by atoms with Crippen LogP contribution in [0.15, 0.2) is 0 Å². The van der Waals surface area contributed by atoms with E-state index in [4.69, 9.17) is 0 Å². The van der Waals surface area contributed by atoms with Crippen LogP contribution in [-0.2, 0) is 4.79 Å². The number of nitrogens with one attached hydrogen (secondary N) is 1. The summed E-state index contributed by atoms with van der Waals surface area (Å²) in [6.45, 7) is 6.67. The zero-order chi connectivity index (χ0) is 13.2. The Hall–Kier alpha value is -0.570. The zero-order valence-corrected chi connectivity index (χ0v) is 12.2. The van der Waals surface area contributed by atoms with E-state index < -0.39 is 0 Å². The lowest BCUT2D eigenvalue weighted by molar-refractivity contribution is -0.131. The normalized spacial score (nSPS) is 33.4. The van der Waals surface area contributed by atoms with Crippen molar-refractivity contribution < 1.29 is 4.79 Å². The Kier molecular flexibility index (Phi) is 4.11. The van der Waals surface area contributed by atoms with Gasteiger partial charge in [-0.1, -0.05) is 13.3 Å². The van der Waals surface area contributed by atoms with Crippen molar-refractivity contribution in [1.82, 2.24) is 10.2 Å². The van der Waals surface area contributed by atoms with Crippen LogP contribution in [0.1, 0.15) is 45.4 Å². The van der Waals surface area contributed by atoms with E-state index in [0.717, 1.165) is 50.4 Å². The van der Waals surface area contributed by atoms with Crippen LogP contribution < -0.4 is 5.32 Å². The second-order valence-electron chi connectivity index (χ2n) is 7.02. The minimum Gasteiger partial charge on any atom is -0.342 e. The summed E-state index contributed by atoms with van der Waals surface area (Å²) in [6.07, 6.45) is 7.39. The van der Waals surface area contributed by atoms with Crippen molar-refractivity contribution in [2.45, 2.75) is 45.4 Å². The van der Waals surface area contributed by atoms with Gasteiger partial charge in [0.15, 0.2) is 0 Å². The number of fused-ring (bicyclic) bond motifs is 1. The molecule has 0 aromatic rings. The van der Waals surface area contributed by atoms with Gasteiger partial charge in [-0.15, -0.1) is 0 Å². The Morgan fingerprint density at radius 1 is 1.16 bits per heavy atom. The lowest BCUT2D eigenvalue weighted by Crippen LogP contribution is -2.35. The number of piperidine rings is 1. The third-order valence-electron chi connectivity index (χ3n) is 5.76. The molecule has 3 nitrogen and oxygen atoms in total. The van der Waals surface area contributed by atoms with Crippen LogP contribution in [0.5, 0.6) is 0 Å². The molecule has 2 saturated heterocycles. The summed E-state index contributed by atoms with van der Waals surface area (Å²) in [5.41, 5.74) is 0. The van der Waals surface area contributed by atoms with E-state index in [0.29, 0.717) is 11.8 Å². The molecule has 3 rings (SSSR count). The third kappa shape index (κ3) is 2.96. The van der Waals surface area contributed by atoms with Crippen molar-refractivity contribution in [3.05, 3.63) is 0 Å². The first kappa shape index (κ1) is 13.4. The van der Waals surface area contributed by atoms with E-state index in [1.54, 1.807) is 0 Å². The van der Waals surface area contributed by atoms with Gasteiger partial charge in [0.2, 0.25) is 5.91 Å². The summed E-state index contributed by atoms with van der Waals surface area (Å²) in [7, 11) is 0. The SMILES string of the molecule is CC(CC(=O)N1CC2CCCC2C1)C1CCNCC1. The van der Waals surface area contributed by atoms with Gasteiger partial charge in [-0.2, -0.15) is 0 Å². The first-order valence-corrected chi connectivity index (χ1v) is 8.22. The summed E-state index contributed by atoms with van der Waals surface area (Å²) in [6, 6.07) is 0. The van der Waals surface area contributed by atoms with E-state index in [-0.39, 0.29) is 0 Å². The quantitative estimate of drug-likeness (QED) is 0.848. The van der Waals surface area contributed by atoms with Gasteiger partial charge >= 0.3 is 0 Å². The molecular weight excluding hydrogens is 236 g/mol. The molecule has 1 N–H and O–H groups in total. The highest BCUT2D eigenvalue weighted by Crippen LogP contribution is 2.38. The number of hydrogen-bond donors (Lipinski definition) is 1. The molecule has 2 aliphatic heterocycles. The molecule has 0 radical (unpaired) electrons. The highest BCUT2D eigenvalue weighted by Gasteiger charge is 2.38. The van der Waals surface area contributed by atoms with Crippen molar-refractivity contribution in [2.24, 2.45) is 23.7 Å². The van der Waals surface area contributed by atoms with E-state index in [2.05, 4.69) is 17.1 Å². The largest absolute Gasteiger partial charge is 0.342 e. The van der Waals surface area contributed by atoms with Crippen molar-refractivity contribution >= 4 is 5.91 Å². The lowest BCUT2D eigenvalue weighted by atomic mass is 9.84. The summed E-state index contributed by atoms with van der Waals surface area (Å²) in [5, 5.41) is 3.41. The average molecular weight is 264 g/mol. The number of carbonyl (C=O) groups is 1. The van der Waals surface area contributed by atoms with Crippen LogP contribution in [0.3, 0.4) is 0 Å². The highest BCUT2D eigenvalue weighted by atomic mass is 16.2. The number of likely N-dealkylation sites (tertiary alicyclic amines) is 1. The van der Waals surface area contributed by atoms with Crippen LogP contribution in [0.25, 0.3) is 0 Å². The molecular formula is C16H28N2O. The second-order valence-corrected chi connectivity index (χ2v) is 7.02. The van der Waals surface area contributed by atoms with Crippen LogP contribution in [-0.4, -0.2) is 37.0 Å². The predicted molar refractivity (Wildman–Crippen MR) is 76.8 cm³/mol. The molecule has 3 fully saturated rings. The minimum absolute atomic E-state index is 0.431. The standard InChI is InChI=1S/C16H28N2O/c1-12(13-5-7-17-8-6-13)9-16(19)18-10-14-3-2-4-15(14)11-18/h12-15,17H,2-11H2,1H3. The van der Waals surface area contributed by atoms with E-state index in [1.165, 1.54) is 32.1 Å². The van der Waals surface area contributed by atoms with Crippen molar-refractivity contribution in [3.8, 4) is 0 Å². The van der Waals surface area contributed by atoms with Gasteiger partial charge in [-0.25, -0.2) is 0 Å². The monoisotopic (exact) mass is 264 g/mol. The van der Waals surface area contributed by atoms with Gasteiger partial charge in [0.1, 0.15) is 0 Å². The molecule has 19 heavy (non-hydrogen) atoms. The summed E-state index contributed by atoms with van der Waals surface area (Å²) < 4.78 is 0. The predicted octanol–water partition coefficient (Wildman–Crippen LogP) is 2.27. The number of hydrogen-bond acceptors (Lipinski definition) is 2. The minimum atomic E-state index is 0.431. The Morgan fingerprint density at radius 2 is 1.79 bits per heavy atom. The fourth-order valence-corrected chi connectivity index (χ4v) is 4.42.